The van der Waals surface area contributed by atoms with Crippen LogP contribution in [0, 0.1) is 39.0 Å². The number of pyridine rings is 1. The van der Waals surface area contributed by atoms with E-state index < -0.39 is 0 Å². The first-order valence-corrected chi connectivity index (χ1v) is 6.17. The van der Waals surface area contributed by atoms with E-state index in [9.17, 15) is 4.79 Å². The summed E-state index contributed by atoms with van der Waals surface area (Å²) in [7, 11) is 0. The Balaban J connectivity index is 2.93. The molecule has 0 saturated carbocycles. The quantitative estimate of drug-likeness (QED) is 0.783. The largest absolute Gasteiger partial charge is 0.280 e. The molecule has 1 aromatic carbocycles. The highest BCUT2D eigenvalue weighted by atomic mass is 16.1. The van der Waals surface area contributed by atoms with Crippen LogP contribution in [0.4, 0.5) is 0 Å². The Morgan fingerprint density at radius 3 is 2.16 bits per heavy atom. The van der Waals surface area contributed by atoms with E-state index in [1.165, 1.54) is 0 Å². The molecule has 2 rings (SSSR count). The molecule has 0 atom stereocenters. The van der Waals surface area contributed by atoms with Crippen molar-refractivity contribution in [2.24, 2.45) is 0 Å². The van der Waals surface area contributed by atoms with Gasteiger partial charge >= 0.3 is 0 Å². The Morgan fingerprint density at radius 2 is 1.63 bits per heavy atom. The molecule has 1 heterocycles. The molecule has 96 valence electrons. The zero-order valence-electron chi connectivity index (χ0n) is 11.6. The Morgan fingerprint density at radius 1 is 1.05 bits per heavy atom. The van der Waals surface area contributed by atoms with Crippen LogP contribution in [-0.2, 0) is 0 Å². The topological polar surface area (TPSA) is 45.8 Å². The molecule has 0 spiro atoms. The van der Waals surface area contributed by atoms with E-state index in [0.29, 0.717) is 0 Å². The zero-order chi connectivity index (χ0) is 14.2. The molecular formula is C16H16N2O. The second-order valence-corrected chi connectivity index (χ2v) is 4.84. The molecule has 2 aromatic rings. The van der Waals surface area contributed by atoms with Gasteiger partial charge in [0, 0.05) is 5.69 Å². The summed E-state index contributed by atoms with van der Waals surface area (Å²) in [5, 5.41) is 9.14. The number of hydrogen-bond donors (Lipinski definition) is 0. The third kappa shape index (κ3) is 2.06. The van der Waals surface area contributed by atoms with Crippen LogP contribution in [0.5, 0.6) is 0 Å². The van der Waals surface area contributed by atoms with E-state index in [4.69, 9.17) is 5.26 Å². The lowest BCUT2D eigenvalue weighted by Gasteiger charge is -2.16. The fourth-order valence-electron chi connectivity index (χ4n) is 2.46. The number of benzene rings is 1. The summed E-state index contributed by atoms with van der Waals surface area (Å²) in [5.41, 5.74) is 4.48. The first-order chi connectivity index (χ1) is 8.97. The van der Waals surface area contributed by atoms with E-state index in [2.05, 4.69) is 0 Å². The van der Waals surface area contributed by atoms with Crippen LogP contribution in [-0.4, -0.2) is 4.57 Å². The van der Waals surface area contributed by atoms with Crippen LogP contribution in [0.3, 0.4) is 0 Å². The average molecular weight is 252 g/mol. The van der Waals surface area contributed by atoms with Gasteiger partial charge in [0.25, 0.3) is 5.56 Å². The fraction of sp³-hybridized carbons (Fsp3) is 0.250. The van der Waals surface area contributed by atoms with Gasteiger partial charge in [-0.1, -0.05) is 18.2 Å². The minimum atomic E-state index is -0.239. The minimum Gasteiger partial charge on any atom is -0.280 e. The normalized spacial score (nSPS) is 10.3. The second kappa shape index (κ2) is 4.74. The van der Waals surface area contributed by atoms with E-state index in [1.807, 2.05) is 51.1 Å². The highest BCUT2D eigenvalue weighted by molar-refractivity contribution is 5.50. The third-order valence-corrected chi connectivity index (χ3v) is 3.36. The predicted octanol–water partition coefficient (Wildman–Crippen LogP) is 2.94. The lowest BCUT2D eigenvalue weighted by molar-refractivity contribution is 0.903. The molecule has 0 fully saturated rings. The maximum atomic E-state index is 12.5. The molecule has 0 saturated heterocycles. The summed E-state index contributed by atoms with van der Waals surface area (Å²) in [6.45, 7) is 7.63. The fourth-order valence-corrected chi connectivity index (χ4v) is 2.46. The summed E-state index contributed by atoms with van der Waals surface area (Å²) in [5.74, 6) is 0. The molecule has 0 unspecified atom stereocenters. The highest BCUT2D eigenvalue weighted by Gasteiger charge is 2.14. The van der Waals surface area contributed by atoms with Crippen molar-refractivity contribution in [2.45, 2.75) is 27.7 Å². The van der Waals surface area contributed by atoms with Crippen molar-refractivity contribution in [3.63, 3.8) is 0 Å². The molecule has 1 aromatic heterocycles. The van der Waals surface area contributed by atoms with E-state index >= 15 is 0 Å². The van der Waals surface area contributed by atoms with Gasteiger partial charge < -0.3 is 0 Å². The maximum absolute atomic E-state index is 12.5. The smallest absolute Gasteiger partial charge is 0.273 e. The number of aryl methyl sites for hydroxylation is 4. The first kappa shape index (κ1) is 13.1. The Labute approximate surface area is 112 Å². The van der Waals surface area contributed by atoms with Crippen LogP contribution < -0.4 is 5.56 Å². The second-order valence-electron chi connectivity index (χ2n) is 4.84. The van der Waals surface area contributed by atoms with Gasteiger partial charge in [0.1, 0.15) is 11.6 Å². The van der Waals surface area contributed by atoms with E-state index in [-0.39, 0.29) is 11.1 Å². The molecule has 0 amide bonds. The minimum absolute atomic E-state index is 0.216. The number of hydrogen-bond acceptors (Lipinski definition) is 2. The van der Waals surface area contributed by atoms with Crippen molar-refractivity contribution in [2.75, 3.05) is 0 Å². The standard InChI is InChI=1S/C16H16N2O/c1-10-6-5-7-11(2)15(10)18-13(4)8-12(3)14(9-17)16(18)19/h5-8H,1-4H3. The number of aromatic nitrogens is 1. The molecule has 0 N–H and O–H groups in total. The van der Waals surface area contributed by atoms with E-state index in [1.54, 1.807) is 11.5 Å². The highest BCUT2D eigenvalue weighted by Crippen LogP contribution is 2.19. The van der Waals surface area contributed by atoms with Crippen molar-refractivity contribution in [3.05, 3.63) is 62.6 Å². The van der Waals surface area contributed by atoms with Gasteiger partial charge in [-0.2, -0.15) is 5.26 Å². The lowest BCUT2D eigenvalue weighted by atomic mass is 10.1. The van der Waals surface area contributed by atoms with Crippen LogP contribution in [0.1, 0.15) is 27.9 Å². The van der Waals surface area contributed by atoms with Gasteiger partial charge in [-0.05, 0) is 50.5 Å². The van der Waals surface area contributed by atoms with Crippen LogP contribution in [0.2, 0.25) is 0 Å². The van der Waals surface area contributed by atoms with Crippen LogP contribution in [0.25, 0.3) is 5.69 Å². The Bertz CT molecular complexity index is 728. The van der Waals surface area contributed by atoms with Gasteiger partial charge in [-0.15, -0.1) is 0 Å². The third-order valence-electron chi connectivity index (χ3n) is 3.36. The molecule has 19 heavy (non-hydrogen) atoms. The summed E-state index contributed by atoms with van der Waals surface area (Å²) in [6, 6.07) is 9.80. The SMILES string of the molecule is Cc1cccc(C)c1-n1c(C)cc(C)c(C#N)c1=O. The maximum Gasteiger partial charge on any atom is 0.273 e. The molecule has 0 bridgehead atoms. The number of nitriles is 1. The van der Waals surface area contributed by atoms with Gasteiger partial charge in [-0.25, -0.2) is 0 Å². The van der Waals surface area contributed by atoms with Gasteiger partial charge in [-0.3, -0.25) is 9.36 Å². The van der Waals surface area contributed by atoms with Crippen molar-refractivity contribution in [3.8, 4) is 11.8 Å². The zero-order valence-corrected chi connectivity index (χ0v) is 11.6. The first-order valence-electron chi connectivity index (χ1n) is 6.17. The Kier molecular flexibility index (Phi) is 3.26. The summed E-state index contributed by atoms with van der Waals surface area (Å²) in [4.78, 5) is 12.5. The van der Waals surface area contributed by atoms with Crippen molar-refractivity contribution >= 4 is 0 Å². The van der Waals surface area contributed by atoms with Crippen LogP contribution in [0.15, 0.2) is 29.1 Å². The molecule has 3 nitrogen and oxygen atoms in total. The number of nitrogens with zero attached hydrogens (tertiary/aromatic N) is 2. The van der Waals surface area contributed by atoms with Gasteiger partial charge in [0.05, 0.1) is 5.69 Å². The molecule has 0 aliphatic rings. The molecule has 0 aliphatic heterocycles. The number of para-hydroxylation sites is 1. The predicted molar refractivity (Wildman–Crippen MR) is 75.7 cm³/mol. The molecule has 3 heteroatoms. The average Bonchev–Trinajstić information content (AvgIpc) is 2.33. The van der Waals surface area contributed by atoms with Crippen molar-refractivity contribution in [1.82, 2.24) is 4.57 Å². The van der Waals surface area contributed by atoms with Gasteiger partial charge in [0.15, 0.2) is 0 Å². The van der Waals surface area contributed by atoms with Crippen LogP contribution >= 0.6 is 0 Å². The Hall–Kier alpha value is -2.34. The lowest BCUT2D eigenvalue weighted by Crippen LogP contribution is -2.25. The van der Waals surface area contributed by atoms with Crippen molar-refractivity contribution in [1.29, 1.82) is 5.26 Å². The van der Waals surface area contributed by atoms with E-state index in [0.717, 1.165) is 28.1 Å². The monoisotopic (exact) mass is 252 g/mol. The molecule has 0 aliphatic carbocycles. The van der Waals surface area contributed by atoms with Gasteiger partial charge in [0.2, 0.25) is 0 Å². The molecular weight excluding hydrogens is 236 g/mol. The van der Waals surface area contributed by atoms with Crippen molar-refractivity contribution < 1.29 is 0 Å². The molecule has 0 radical (unpaired) electrons. The summed E-state index contributed by atoms with van der Waals surface area (Å²) >= 11 is 0. The summed E-state index contributed by atoms with van der Waals surface area (Å²) < 4.78 is 1.64. The summed E-state index contributed by atoms with van der Waals surface area (Å²) in [6.07, 6.45) is 0. The number of rotatable bonds is 1.